The van der Waals surface area contributed by atoms with Gasteiger partial charge in [0.2, 0.25) is 10.0 Å². The summed E-state index contributed by atoms with van der Waals surface area (Å²) in [4.78, 5) is 0.361. The molecule has 0 aromatic carbocycles. The van der Waals surface area contributed by atoms with E-state index >= 15 is 0 Å². The highest BCUT2D eigenvalue weighted by Crippen LogP contribution is 2.51. The van der Waals surface area contributed by atoms with Crippen LogP contribution in [-0.2, 0) is 16.6 Å². The smallest absolute Gasteiger partial charge is 0.242 e. The average Bonchev–Trinajstić information content (AvgIpc) is 2.80. The van der Waals surface area contributed by atoms with E-state index in [9.17, 15) is 8.42 Å². The van der Waals surface area contributed by atoms with E-state index in [0.29, 0.717) is 23.9 Å². The lowest BCUT2D eigenvalue weighted by atomic mass is 10.1. The zero-order chi connectivity index (χ0) is 15.8. The van der Waals surface area contributed by atoms with Crippen LogP contribution < -0.4 is 10.0 Å². The maximum absolute atomic E-state index is 12.4. The van der Waals surface area contributed by atoms with Crippen molar-refractivity contribution in [3.63, 3.8) is 0 Å². The summed E-state index contributed by atoms with van der Waals surface area (Å²) in [5, 5.41) is 3.08. The average molecular weight is 313 g/mol. The van der Waals surface area contributed by atoms with E-state index in [2.05, 4.69) is 37.7 Å². The summed E-state index contributed by atoms with van der Waals surface area (Å²) in [6.07, 6.45) is 2.82. The summed E-state index contributed by atoms with van der Waals surface area (Å²) >= 11 is 0. The maximum atomic E-state index is 12.4. The van der Waals surface area contributed by atoms with Crippen LogP contribution in [0.5, 0.6) is 0 Å². The molecule has 2 N–H and O–H groups in total. The summed E-state index contributed by atoms with van der Waals surface area (Å²) in [5.41, 5.74) is 1.27. The molecule has 1 aromatic rings. The van der Waals surface area contributed by atoms with Crippen LogP contribution in [0.25, 0.3) is 0 Å². The molecule has 1 heterocycles. The molecule has 120 valence electrons. The second-order valence-electron chi connectivity index (χ2n) is 6.94. The van der Waals surface area contributed by atoms with Crippen molar-refractivity contribution in [2.45, 2.75) is 51.6 Å². The fourth-order valence-electron chi connectivity index (χ4n) is 2.67. The van der Waals surface area contributed by atoms with Crippen LogP contribution >= 0.6 is 0 Å². The van der Waals surface area contributed by atoms with Crippen LogP contribution in [0.3, 0.4) is 0 Å². The first-order valence-electron chi connectivity index (χ1n) is 7.52. The Morgan fingerprint density at radius 1 is 1.43 bits per heavy atom. The van der Waals surface area contributed by atoms with Crippen molar-refractivity contribution >= 4 is 10.0 Å². The van der Waals surface area contributed by atoms with E-state index in [1.807, 2.05) is 11.6 Å². The van der Waals surface area contributed by atoms with Crippen molar-refractivity contribution in [2.75, 3.05) is 13.6 Å². The molecule has 1 saturated carbocycles. The molecule has 0 radical (unpaired) electrons. The number of nitrogens with one attached hydrogen (secondary N) is 2. The van der Waals surface area contributed by atoms with E-state index < -0.39 is 10.0 Å². The van der Waals surface area contributed by atoms with Crippen molar-refractivity contribution in [2.24, 2.45) is 11.3 Å². The molecule has 0 aliphatic heterocycles. The Labute approximate surface area is 128 Å². The normalized spacial score (nSPS) is 21.0. The largest absolute Gasteiger partial charge is 0.346 e. The Bertz CT molecular complexity index is 602. The van der Waals surface area contributed by atoms with Crippen molar-refractivity contribution in [1.29, 1.82) is 0 Å². The van der Waals surface area contributed by atoms with Gasteiger partial charge in [-0.3, -0.25) is 0 Å². The van der Waals surface area contributed by atoms with Crippen molar-refractivity contribution in [3.8, 4) is 0 Å². The molecule has 2 rings (SSSR count). The quantitative estimate of drug-likeness (QED) is 0.810. The van der Waals surface area contributed by atoms with Gasteiger partial charge in [-0.2, -0.15) is 0 Å². The number of rotatable bonds is 7. The number of hydrogen-bond donors (Lipinski definition) is 2. The monoisotopic (exact) mass is 313 g/mol. The zero-order valence-electron chi connectivity index (χ0n) is 13.6. The third-order valence-corrected chi connectivity index (χ3v) is 5.76. The summed E-state index contributed by atoms with van der Waals surface area (Å²) in [6, 6.07) is 2.00. The van der Waals surface area contributed by atoms with Gasteiger partial charge < -0.3 is 9.88 Å². The molecule has 1 aliphatic carbocycles. The lowest BCUT2D eigenvalue weighted by Crippen LogP contribution is -2.26. The molecule has 1 unspecified atom stereocenters. The Kier molecular flexibility index (Phi) is 4.52. The first-order valence-corrected chi connectivity index (χ1v) is 9.00. The van der Waals surface area contributed by atoms with Gasteiger partial charge in [0.15, 0.2) is 0 Å². The van der Waals surface area contributed by atoms with Crippen molar-refractivity contribution in [3.05, 3.63) is 18.0 Å². The van der Waals surface area contributed by atoms with Crippen LogP contribution in [-0.4, -0.2) is 26.6 Å². The van der Waals surface area contributed by atoms with Crippen molar-refractivity contribution < 1.29 is 8.42 Å². The Hall–Kier alpha value is -0.850. The minimum atomic E-state index is -3.42. The van der Waals surface area contributed by atoms with Crippen LogP contribution in [0.1, 0.15) is 45.9 Å². The molecule has 21 heavy (non-hydrogen) atoms. The topological polar surface area (TPSA) is 63.1 Å². The summed E-state index contributed by atoms with van der Waals surface area (Å²) in [5.74, 6) is 0.455. The van der Waals surface area contributed by atoms with Gasteiger partial charge in [-0.25, -0.2) is 13.1 Å². The molecule has 5 nitrogen and oxygen atoms in total. The van der Waals surface area contributed by atoms with Gasteiger partial charge in [0.1, 0.15) is 0 Å². The molecular weight excluding hydrogens is 286 g/mol. The van der Waals surface area contributed by atoms with Crippen molar-refractivity contribution in [1.82, 2.24) is 14.6 Å². The van der Waals surface area contributed by atoms with Gasteiger partial charge in [-0.05, 0) is 44.7 Å². The van der Waals surface area contributed by atoms with Gasteiger partial charge >= 0.3 is 0 Å². The minimum absolute atomic E-state index is 0.236. The molecule has 1 atom stereocenters. The Balaban J connectivity index is 2.14. The molecule has 1 fully saturated rings. The Morgan fingerprint density at radius 2 is 2.05 bits per heavy atom. The second-order valence-corrected chi connectivity index (χ2v) is 8.71. The second kappa shape index (κ2) is 5.74. The number of aromatic nitrogens is 1. The number of hydrogen-bond acceptors (Lipinski definition) is 3. The minimum Gasteiger partial charge on any atom is -0.346 e. The van der Waals surface area contributed by atoms with Gasteiger partial charge in [-0.15, -0.1) is 0 Å². The van der Waals surface area contributed by atoms with Crippen LogP contribution in [0, 0.1) is 11.3 Å². The SMILES string of the molecule is CNCc1cc(S(=O)(=O)NCC2CC2(C)C)cn1C(C)C. The van der Waals surface area contributed by atoms with E-state index in [-0.39, 0.29) is 11.5 Å². The number of nitrogens with zero attached hydrogens (tertiary/aromatic N) is 1. The highest BCUT2D eigenvalue weighted by atomic mass is 32.2. The molecule has 0 saturated heterocycles. The van der Waals surface area contributed by atoms with E-state index in [0.717, 1.165) is 12.1 Å². The zero-order valence-corrected chi connectivity index (χ0v) is 14.4. The molecule has 1 aromatic heterocycles. The summed E-state index contributed by atoms with van der Waals surface area (Å²) in [6.45, 7) is 9.64. The molecule has 0 spiro atoms. The third kappa shape index (κ3) is 3.67. The predicted molar refractivity (Wildman–Crippen MR) is 84.7 cm³/mol. The molecule has 0 amide bonds. The van der Waals surface area contributed by atoms with Gasteiger partial charge in [0.05, 0.1) is 4.90 Å². The third-order valence-electron chi connectivity index (χ3n) is 4.37. The fraction of sp³-hybridized carbons (Fsp3) is 0.733. The fourth-order valence-corrected chi connectivity index (χ4v) is 3.80. The lowest BCUT2D eigenvalue weighted by Gasteiger charge is -2.12. The maximum Gasteiger partial charge on any atom is 0.242 e. The Morgan fingerprint density at radius 3 is 2.52 bits per heavy atom. The lowest BCUT2D eigenvalue weighted by molar-refractivity contribution is 0.537. The summed E-state index contributed by atoms with van der Waals surface area (Å²) < 4.78 is 29.6. The van der Waals surface area contributed by atoms with Crippen LogP contribution in [0.4, 0.5) is 0 Å². The van der Waals surface area contributed by atoms with Gasteiger partial charge in [-0.1, -0.05) is 13.8 Å². The molecule has 0 bridgehead atoms. The van der Waals surface area contributed by atoms with Crippen LogP contribution in [0.2, 0.25) is 0 Å². The first kappa shape index (κ1) is 16.5. The van der Waals surface area contributed by atoms with E-state index in [1.54, 1.807) is 12.3 Å². The van der Waals surface area contributed by atoms with E-state index in [1.165, 1.54) is 0 Å². The predicted octanol–water partition coefficient (Wildman–Crippen LogP) is 2.11. The van der Waals surface area contributed by atoms with E-state index in [4.69, 9.17) is 0 Å². The molecular formula is C15H27N3O2S. The molecule has 6 heteroatoms. The van der Waals surface area contributed by atoms with Gasteiger partial charge in [0, 0.05) is 31.0 Å². The van der Waals surface area contributed by atoms with Crippen LogP contribution in [0.15, 0.2) is 17.2 Å². The highest BCUT2D eigenvalue weighted by molar-refractivity contribution is 7.89. The first-order chi connectivity index (χ1) is 9.67. The van der Waals surface area contributed by atoms with Gasteiger partial charge in [0.25, 0.3) is 0 Å². The summed E-state index contributed by atoms with van der Waals surface area (Å²) in [7, 11) is -1.56. The number of sulfonamides is 1. The molecule has 1 aliphatic rings. The standard InChI is InChI=1S/C15H27N3O2S/c1-11(2)18-10-14(6-13(18)9-16-5)21(19,20)17-8-12-7-15(12,3)4/h6,10-12,16-17H,7-9H2,1-5H3. The highest BCUT2D eigenvalue weighted by Gasteiger charge is 2.45.